The Bertz CT molecular complexity index is 472. The summed E-state index contributed by atoms with van der Waals surface area (Å²) in [5.74, 6) is 1.73. The van der Waals surface area contributed by atoms with Crippen molar-refractivity contribution >= 4 is 35.9 Å². The smallest absolute Gasteiger partial charge is 0.310 e. The van der Waals surface area contributed by atoms with Gasteiger partial charge in [0.1, 0.15) is 0 Å². The summed E-state index contributed by atoms with van der Waals surface area (Å²) in [6.07, 6.45) is 3.87. The third-order valence-corrected chi connectivity index (χ3v) is 5.47. The fourth-order valence-corrected chi connectivity index (χ4v) is 4.14. The molecule has 26 heavy (non-hydrogen) atoms. The predicted molar refractivity (Wildman–Crippen MR) is 117 cm³/mol. The molecule has 2 aliphatic rings. The third kappa shape index (κ3) is 6.25. The molecule has 3 atom stereocenters. The molecule has 6 nitrogen and oxygen atoms in total. The molecule has 0 aromatic rings. The van der Waals surface area contributed by atoms with Gasteiger partial charge in [-0.3, -0.25) is 14.7 Å². The Morgan fingerprint density at radius 3 is 2.65 bits per heavy atom. The average Bonchev–Trinajstić information content (AvgIpc) is 2.97. The van der Waals surface area contributed by atoms with E-state index in [4.69, 9.17) is 4.74 Å². The van der Waals surface area contributed by atoms with Crippen molar-refractivity contribution in [1.29, 1.82) is 0 Å². The number of hydrogen-bond acceptors (Lipinski definition) is 4. The van der Waals surface area contributed by atoms with E-state index in [9.17, 15) is 4.79 Å². The maximum atomic E-state index is 11.9. The Kier molecular flexibility index (Phi) is 10.2. The van der Waals surface area contributed by atoms with E-state index in [2.05, 4.69) is 40.9 Å². The molecular weight excluding hydrogens is 443 g/mol. The number of nitrogens with zero attached hydrogens (tertiary/aromatic N) is 3. The molecule has 2 aliphatic heterocycles. The molecule has 0 aromatic carbocycles. The fourth-order valence-electron chi connectivity index (χ4n) is 4.14. The van der Waals surface area contributed by atoms with E-state index in [0.29, 0.717) is 18.5 Å². The van der Waals surface area contributed by atoms with Crippen LogP contribution in [0.25, 0.3) is 0 Å². The summed E-state index contributed by atoms with van der Waals surface area (Å²) < 4.78 is 4.94. The van der Waals surface area contributed by atoms with Crippen LogP contribution < -0.4 is 5.32 Å². The molecule has 0 radical (unpaired) electrons. The van der Waals surface area contributed by atoms with Crippen LogP contribution in [0, 0.1) is 17.8 Å². The van der Waals surface area contributed by atoms with E-state index in [1.54, 1.807) is 0 Å². The van der Waals surface area contributed by atoms with Crippen LogP contribution in [-0.2, 0) is 9.53 Å². The van der Waals surface area contributed by atoms with E-state index in [-0.39, 0.29) is 41.8 Å². The molecule has 0 amide bonds. The highest BCUT2D eigenvalue weighted by Gasteiger charge is 2.37. The van der Waals surface area contributed by atoms with Gasteiger partial charge in [-0.25, -0.2) is 0 Å². The molecule has 152 valence electrons. The average molecular weight is 480 g/mol. The van der Waals surface area contributed by atoms with Gasteiger partial charge in [-0.05, 0) is 31.2 Å². The second-order valence-electron chi connectivity index (χ2n) is 7.98. The molecule has 2 heterocycles. The number of guanidine groups is 1. The Balaban J connectivity index is 0.00000338. The summed E-state index contributed by atoms with van der Waals surface area (Å²) in [7, 11) is 3.29. The van der Waals surface area contributed by atoms with Crippen LogP contribution in [0.1, 0.15) is 40.0 Å². The molecular formula is C19H37IN4O2. The first-order valence-electron chi connectivity index (χ1n) is 9.73. The minimum Gasteiger partial charge on any atom is -0.469 e. The fraction of sp³-hybridized carbons (Fsp3) is 0.895. The maximum Gasteiger partial charge on any atom is 0.310 e. The van der Waals surface area contributed by atoms with Crippen LogP contribution in [0.5, 0.6) is 0 Å². The summed E-state index contributed by atoms with van der Waals surface area (Å²) >= 11 is 0. The Morgan fingerprint density at radius 1 is 1.31 bits per heavy atom. The molecule has 0 saturated carbocycles. The molecule has 0 aromatic heterocycles. The highest BCUT2D eigenvalue weighted by Crippen LogP contribution is 2.24. The van der Waals surface area contributed by atoms with Crippen LogP contribution in [0.2, 0.25) is 0 Å². The Morgan fingerprint density at radius 2 is 2.04 bits per heavy atom. The largest absolute Gasteiger partial charge is 0.469 e. The van der Waals surface area contributed by atoms with Crippen molar-refractivity contribution < 1.29 is 9.53 Å². The zero-order chi connectivity index (χ0) is 18.4. The van der Waals surface area contributed by atoms with Gasteiger partial charge < -0.3 is 15.0 Å². The molecule has 1 N–H and O–H groups in total. The van der Waals surface area contributed by atoms with E-state index in [1.807, 2.05) is 7.05 Å². The number of carbonyl (C=O) groups excluding carboxylic acids is 1. The highest BCUT2D eigenvalue weighted by atomic mass is 127. The van der Waals surface area contributed by atoms with Gasteiger partial charge in [-0.1, -0.05) is 27.2 Å². The second-order valence-corrected chi connectivity index (χ2v) is 7.98. The first kappa shape index (κ1) is 23.5. The minimum atomic E-state index is -0.110. The summed E-state index contributed by atoms with van der Waals surface area (Å²) in [5.41, 5.74) is 0. The first-order chi connectivity index (χ1) is 12.0. The molecule has 0 spiro atoms. The van der Waals surface area contributed by atoms with Crippen molar-refractivity contribution in [3.8, 4) is 0 Å². The number of aliphatic imine (C=N–C) groups is 1. The maximum absolute atomic E-state index is 11.9. The number of hydrogen-bond donors (Lipinski definition) is 1. The van der Waals surface area contributed by atoms with Gasteiger partial charge in [-0.2, -0.15) is 0 Å². The van der Waals surface area contributed by atoms with Gasteiger partial charge in [0.15, 0.2) is 5.96 Å². The Hall–Kier alpha value is -0.570. The zero-order valence-electron chi connectivity index (χ0n) is 17.0. The van der Waals surface area contributed by atoms with Crippen molar-refractivity contribution in [2.24, 2.45) is 22.7 Å². The lowest BCUT2D eigenvalue weighted by Gasteiger charge is -2.37. The number of ether oxygens (including phenoxy) is 1. The van der Waals surface area contributed by atoms with Gasteiger partial charge in [0.05, 0.1) is 13.0 Å². The van der Waals surface area contributed by atoms with Crippen LogP contribution in [0.15, 0.2) is 4.99 Å². The second kappa shape index (κ2) is 11.3. The topological polar surface area (TPSA) is 57.2 Å². The van der Waals surface area contributed by atoms with E-state index < -0.39 is 0 Å². The lowest BCUT2D eigenvalue weighted by atomic mass is 9.99. The van der Waals surface area contributed by atoms with Gasteiger partial charge in [-0.15, -0.1) is 24.0 Å². The lowest BCUT2D eigenvalue weighted by molar-refractivity contribution is -0.145. The standard InChI is InChI=1S/C19H36N4O2.HI/c1-14(2)11-22-9-7-6-8-16(22)10-21-19(20-4)23-12-15(3)17(13-23)18(24)25-5;/h14-17H,6-13H2,1-5H3,(H,20,21);1H. The van der Waals surface area contributed by atoms with Crippen molar-refractivity contribution in [3.05, 3.63) is 0 Å². The number of methoxy groups -OCH3 is 1. The summed E-state index contributed by atoms with van der Waals surface area (Å²) in [6.45, 7) is 11.5. The lowest BCUT2D eigenvalue weighted by Crippen LogP contribution is -2.50. The highest BCUT2D eigenvalue weighted by molar-refractivity contribution is 14.0. The van der Waals surface area contributed by atoms with E-state index in [1.165, 1.54) is 32.9 Å². The number of rotatable bonds is 5. The van der Waals surface area contributed by atoms with Gasteiger partial charge in [0.25, 0.3) is 0 Å². The number of esters is 1. The monoisotopic (exact) mass is 480 g/mol. The van der Waals surface area contributed by atoms with Crippen LogP contribution in [0.3, 0.4) is 0 Å². The van der Waals surface area contributed by atoms with Crippen molar-refractivity contribution in [3.63, 3.8) is 0 Å². The summed E-state index contributed by atoms with van der Waals surface area (Å²) in [6, 6.07) is 0.573. The number of nitrogens with one attached hydrogen (secondary N) is 1. The molecule has 3 unspecified atom stereocenters. The summed E-state index contributed by atoms with van der Waals surface area (Å²) in [4.78, 5) is 21.2. The zero-order valence-corrected chi connectivity index (χ0v) is 19.4. The van der Waals surface area contributed by atoms with Crippen LogP contribution >= 0.6 is 24.0 Å². The van der Waals surface area contributed by atoms with E-state index >= 15 is 0 Å². The van der Waals surface area contributed by atoms with Crippen molar-refractivity contribution in [2.45, 2.75) is 46.1 Å². The molecule has 0 aliphatic carbocycles. The summed E-state index contributed by atoms with van der Waals surface area (Å²) in [5, 5.41) is 3.56. The first-order valence-corrected chi connectivity index (χ1v) is 9.73. The van der Waals surface area contributed by atoms with Gasteiger partial charge in [0, 0.05) is 39.3 Å². The predicted octanol–water partition coefficient (Wildman–Crippen LogP) is 2.43. The Labute approximate surface area is 176 Å². The van der Waals surface area contributed by atoms with E-state index in [0.717, 1.165) is 25.6 Å². The molecule has 0 bridgehead atoms. The van der Waals surface area contributed by atoms with Crippen molar-refractivity contribution in [2.75, 3.05) is 46.9 Å². The molecule has 2 rings (SSSR count). The minimum absolute atomic E-state index is 0. The van der Waals surface area contributed by atoms with Gasteiger partial charge >= 0.3 is 5.97 Å². The van der Waals surface area contributed by atoms with Crippen molar-refractivity contribution in [1.82, 2.24) is 15.1 Å². The quantitative estimate of drug-likeness (QED) is 0.284. The third-order valence-electron chi connectivity index (χ3n) is 5.47. The molecule has 2 saturated heterocycles. The number of carbonyl (C=O) groups is 1. The van der Waals surface area contributed by atoms with Crippen LogP contribution in [0.4, 0.5) is 0 Å². The normalized spacial score (nSPS) is 27.4. The number of likely N-dealkylation sites (tertiary alicyclic amines) is 2. The van der Waals surface area contributed by atoms with Gasteiger partial charge in [0.2, 0.25) is 0 Å². The SMILES string of the molecule is CN=C(NCC1CCCCN1CC(C)C)N1CC(C)C(C(=O)OC)C1.I. The number of halogens is 1. The van der Waals surface area contributed by atoms with Crippen LogP contribution in [-0.4, -0.2) is 74.7 Å². The molecule has 2 fully saturated rings. The molecule has 7 heteroatoms. The number of piperidine rings is 1.